The second-order valence-corrected chi connectivity index (χ2v) is 11.7. The summed E-state index contributed by atoms with van der Waals surface area (Å²) in [4.78, 5) is 24.2. The lowest BCUT2D eigenvalue weighted by Crippen LogP contribution is -2.25. The zero-order chi connectivity index (χ0) is 24.1. The molecule has 4 rings (SSSR count). The van der Waals surface area contributed by atoms with Crippen LogP contribution in [0.25, 0.3) is 0 Å². The Labute approximate surface area is 203 Å². The van der Waals surface area contributed by atoms with Crippen molar-refractivity contribution in [3.63, 3.8) is 0 Å². The van der Waals surface area contributed by atoms with Gasteiger partial charge < -0.3 is 14.3 Å². The number of ether oxygens (including phenoxy) is 2. The molecule has 2 fully saturated rings. The fourth-order valence-corrected chi connectivity index (χ4v) is 6.28. The molecular weight excluding hydrogens is 478 g/mol. The second kappa shape index (κ2) is 10.9. The van der Waals surface area contributed by atoms with Gasteiger partial charge in [-0.25, -0.2) is 13.4 Å². The molecule has 2 aliphatic carbocycles. The molecule has 2 aromatic rings. The third-order valence-corrected chi connectivity index (χ3v) is 8.89. The Kier molecular flexibility index (Phi) is 7.97. The van der Waals surface area contributed by atoms with Crippen LogP contribution in [-0.2, 0) is 35.5 Å². The van der Waals surface area contributed by atoms with Gasteiger partial charge in [-0.05, 0) is 44.7 Å². The third kappa shape index (κ3) is 6.01. The molecule has 0 saturated heterocycles. The van der Waals surface area contributed by atoms with E-state index in [1.807, 2.05) is 6.92 Å². The number of nitrogens with one attached hydrogen (secondary N) is 1. The van der Waals surface area contributed by atoms with Crippen LogP contribution in [0.5, 0.6) is 0 Å². The first-order valence-electron chi connectivity index (χ1n) is 11.4. The molecule has 0 aliphatic heterocycles. The predicted molar refractivity (Wildman–Crippen MR) is 129 cm³/mol. The average molecular weight is 508 g/mol. The van der Waals surface area contributed by atoms with Crippen LogP contribution >= 0.6 is 11.3 Å². The molecule has 0 spiro atoms. The summed E-state index contributed by atoms with van der Waals surface area (Å²) in [5.41, 5.74) is 0.513. The molecule has 184 valence electrons. The first-order chi connectivity index (χ1) is 16.4. The lowest BCUT2D eigenvalue weighted by atomic mass is 10.1. The van der Waals surface area contributed by atoms with E-state index in [0.29, 0.717) is 43.2 Å². The molecule has 1 aromatic carbocycles. The van der Waals surface area contributed by atoms with Gasteiger partial charge >= 0.3 is 0 Å². The lowest BCUT2D eigenvalue weighted by molar-refractivity contribution is -0.110. The minimum absolute atomic E-state index is 0.0544. The zero-order valence-corrected chi connectivity index (χ0v) is 20.9. The first kappa shape index (κ1) is 24.8. The maximum atomic E-state index is 13.1. The molecular formula is C23H29N3O6S2. The van der Waals surface area contributed by atoms with Crippen LogP contribution in [0, 0.1) is 0 Å². The summed E-state index contributed by atoms with van der Waals surface area (Å²) in [5.74, 6) is -0.490. The molecule has 1 N–H and O–H groups in total. The van der Waals surface area contributed by atoms with Gasteiger partial charge in [-0.2, -0.15) is 0 Å². The number of amides is 1. The summed E-state index contributed by atoms with van der Waals surface area (Å²) < 4.78 is 35.8. The first-order valence-corrected chi connectivity index (χ1v) is 13.7. The highest BCUT2D eigenvalue weighted by Gasteiger charge is 2.37. The van der Waals surface area contributed by atoms with Gasteiger partial charge in [0, 0.05) is 31.9 Å². The largest absolute Gasteiger partial charge is 0.392 e. The minimum atomic E-state index is -3.32. The molecule has 11 heteroatoms. The van der Waals surface area contributed by atoms with Gasteiger partial charge in [0.05, 0.1) is 27.7 Å². The molecule has 2 aliphatic rings. The number of nitrogens with zero attached hydrogens (tertiary/aromatic N) is 2. The summed E-state index contributed by atoms with van der Waals surface area (Å²) in [5, 5.41) is 7.07. The van der Waals surface area contributed by atoms with Crippen LogP contribution < -0.4 is 5.32 Å². The molecule has 2 atom stereocenters. The van der Waals surface area contributed by atoms with Gasteiger partial charge in [-0.1, -0.05) is 28.6 Å². The maximum Gasteiger partial charge on any atom is 0.280 e. The van der Waals surface area contributed by atoms with E-state index in [1.165, 1.54) is 23.5 Å². The van der Waals surface area contributed by atoms with Crippen molar-refractivity contribution >= 4 is 37.9 Å². The number of hydrogen-bond acceptors (Lipinski definition) is 9. The van der Waals surface area contributed by atoms with Crippen molar-refractivity contribution in [1.82, 2.24) is 4.98 Å². The Morgan fingerprint density at radius 2 is 1.91 bits per heavy atom. The number of aromatic nitrogens is 1. The van der Waals surface area contributed by atoms with E-state index in [0.717, 1.165) is 17.7 Å². The number of thiazole rings is 1. The number of carbonyl (C=O) groups is 1. The quantitative estimate of drug-likeness (QED) is 0.365. The van der Waals surface area contributed by atoms with E-state index in [-0.39, 0.29) is 28.1 Å². The van der Waals surface area contributed by atoms with Crippen molar-refractivity contribution in [1.29, 1.82) is 0 Å². The van der Waals surface area contributed by atoms with Crippen molar-refractivity contribution in [2.45, 2.75) is 68.0 Å². The Bertz CT molecular complexity index is 1130. The summed E-state index contributed by atoms with van der Waals surface area (Å²) in [6.45, 7) is 3.00. The number of sulfone groups is 1. The molecule has 34 heavy (non-hydrogen) atoms. The van der Waals surface area contributed by atoms with Crippen LogP contribution in [0.2, 0.25) is 0 Å². The Hall–Kier alpha value is -2.34. The Morgan fingerprint density at radius 1 is 1.18 bits per heavy atom. The normalized spacial score (nSPS) is 20.9. The fourth-order valence-electron chi connectivity index (χ4n) is 3.84. The maximum absolute atomic E-state index is 13.1. The average Bonchev–Trinajstić information content (AvgIpc) is 3.46. The van der Waals surface area contributed by atoms with Crippen LogP contribution in [0.4, 0.5) is 5.13 Å². The van der Waals surface area contributed by atoms with E-state index in [9.17, 15) is 13.2 Å². The molecule has 1 aromatic heterocycles. The van der Waals surface area contributed by atoms with E-state index in [4.69, 9.17) is 14.3 Å². The van der Waals surface area contributed by atoms with Gasteiger partial charge in [0.1, 0.15) is 6.10 Å². The van der Waals surface area contributed by atoms with Crippen molar-refractivity contribution in [3.05, 3.63) is 40.9 Å². The van der Waals surface area contributed by atoms with Crippen LogP contribution in [0.15, 0.2) is 40.5 Å². The summed E-state index contributed by atoms with van der Waals surface area (Å²) in [6.07, 6.45) is 5.37. The predicted octanol–water partition coefficient (Wildman–Crippen LogP) is 3.54. The van der Waals surface area contributed by atoms with E-state index in [1.54, 1.807) is 25.4 Å². The Balaban J connectivity index is 1.53. The third-order valence-electron chi connectivity index (χ3n) is 5.73. The molecule has 2 saturated carbocycles. The lowest BCUT2D eigenvalue weighted by Gasteiger charge is -2.12. The SMILES string of the molecule is CCO[C@@H]1CC[C@@H](ON=C(C(=O)Nc2ncc(COC)s2)c2ccc(S(=O)(=O)C3CC3)cc2)C1. The summed E-state index contributed by atoms with van der Waals surface area (Å²) in [6, 6.07) is 6.22. The molecule has 9 nitrogen and oxygen atoms in total. The van der Waals surface area contributed by atoms with Crippen molar-refractivity contribution in [2.24, 2.45) is 5.16 Å². The van der Waals surface area contributed by atoms with Gasteiger partial charge in [0.25, 0.3) is 5.91 Å². The number of carbonyl (C=O) groups excluding carboxylic acids is 1. The highest BCUT2D eigenvalue weighted by molar-refractivity contribution is 7.92. The standard InChI is InChI=1S/C23H29N3O6S2/c1-3-31-16-6-7-17(12-16)32-26-21(22(27)25-23-24-13-18(33-23)14-30-2)15-4-8-19(9-5-15)34(28,29)20-10-11-20/h4-5,8-9,13,16-17,20H,3,6-7,10-12,14H2,1-2H3,(H,24,25,27)/t16-,17-/m1/s1. The van der Waals surface area contributed by atoms with E-state index < -0.39 is 15.7 Å². The van der Waals surface area contributed by atoms with E-state index in [2.05, 4.69) is 15.5 Å². The number of rotatable bonds is 11. The number of oxime groups is 1. The molecule has 0 radical (unpaired) electrons. The number of anilines is 1. The Morgan fingerprint density at radius 3 is 2.59 bits per heavy atom. The number of methoxy groups -OCH3 is 1. The topological polar surface area (TPSA) is 116 Å². The van der Waals surface area contributed by atoms with Gasteiger partial charge in [-0.15, -0.1) is 0 Å². The summed E-state index contributed by atoms with van der Waals surface area (Å²) in [7, 11) is -1.73. The molecule has 1 amide bonds. The number of hydrogen-bond donors (Lipinski definition) is 1. The highest BCUT2D eigenvalue weighted by atomic mass is 32.2. The number of benzene rings is 1. The zero-order valence-electron chi connectivity index (χ0n) is 19.2. The molecule has 1 heterocycles. The monoisotopic (exact) mass is 507 g/mol. The van der Waals surface area contributed by atoms with Gasteiger partial charge in [-0.3, -0.25) is 10.1 Å². The van der Waals surface area contributed by atoms with Crippen LogP contribution in [-0.4, -0.2) is 56.2 Å². The van der Waals surface area contributed by atoms with Crippen molar-refractivity contribution in [2.75, 3.05) is 19.0 Å². The van der Waals surface area contributed by atoms with Gasteiger partial charge in [0.15, 0.2) is 20.7 Å². The van der Waals surface area contributed by atoms with Crippen molar-refractivity contribution < 1.29 is 27.5 Å². The van der Waals surface area contributed by atoms with Crippen LogP contribution in [0.1, 0.15) is 49.5 Å². The smallest absolute Gasteiger partial charge is 0.280 e. The summed E-state index contributed by atoms with van der Waals surface area (Å²) >= 11 is 1.30. The highest BCUT2D eigenvalue weighted by Crippen LogP contribution is 2.33. The van der Waals surface area contributed by atoms with Gasteiger partial charge in [0.2, 0.25) is 0 Å². The molecule has 0 bridgehead atoms. The minimum Gasteiger partial charge on any atom is -0.392 e. The molecule has 0 unspecified atom stereocenters. The van der Waals surface area contributed by atoms with Crippen LogP contribution in [0.3, 0.4) is 0 Å². The fraction of sp³-hybridized carbons (Fsp3) is 0.522. The van der Waals surface area contributed by atoms with E-state index >= 15 is 0 Å². The second-order valence-electron chi connectivity index (χ2n) is 8.35. The van der Waals surface area contributed by atoms with Crippen molar-refractivity contribution in [3.8, 4) is 0 Å².